The van der Waals surface area contributed by atoms with E-state index in [1.165, 1.54) is 0 Å². The molecule has 1 aromatic carbocycles. The SMILES string of the molecule is COCCOc1ccc(Cl)cc1C(=O)N1CC[C@@H]2CNC[C@@H]2CC1.Cl. The molecule has 0 saturated carbocycles. The van der Waals surface area contributed by atoms with Crippen molar-refractivity contribution in [2.24, 2.45) is 11.8 Å². The third kappa shape index (κ3) is 5.00. The molecule has 1 aromatic rings. The van der Waals surface area contributed by atoms with Gasteiger partial charge in [0.25, 0.3) is 5.91 Å². The number of halogens is 2. The van der Waals surface area contributed by atoms with Crippen molar-refractivity contribution in [2.75, 3.05) is 46.5 Å². The summed E-state index contributed by atoms with van der Waals surface area (Å²) in [6.45, 7) is 4.65. The molecule has 0 bridgehead atoms. The van der Waals surface area contributed by atoms with Crippen LogP contribution in [-0.4, -0.2) is 57.3 Å². The van der Waals surface area contributed by atoms with Gasteiger partial charge in [-0.05, 0) is 56.0 Å². The minimum atomic E-state index is 0. The van der Waals surface area contributed by atoms with E-state index in [0.29, 0.717) is 41.4 Å². The van der Waals surface area contributed by atoms with E-state index in [0.717, 1.165) is 39.0 Å². The second kappa shape index (κ2) is 9.62. The lowest BCUT2D eigenvalue weighted by Crippen LogP contribution is -2.33. The van der Waals surface area contributed by atoms with Gasteiger partial charge in [-0.1, -0.05) is 11.6 Å². The third-order valence-electron chi connectivity index (χ3n) is 5.02. The normalized spacial score (nSPS) is 22.7. The fourth-order valence-corrected chi connectivity index (χ4v) is 3.79. The molecule has 3 rings (SSSR count). The van der Waals surface area contributed by atoms with Gasteiger partial charge in [-0.3, -0.25) is 4.79 Å². The summed E-state index contributed by atoms with van der Waals surface area (Å²) in [6.07, 6.45) is 2.12. The Kier molecular flexibility index (Phi) is 7.81. The monoisotopic (exact) mass is 388 g/mol. The number of ether oxygens (including phenoxy) is 2. The van der Waals surface area contributed by atoms with Crippen LogP contribution in [0.5, 0.6) is 5.75 Å². The van der Waals surface area contributed by atoms with Gasteiger partial charge in [0.2, 0.25) is 0 Å². The lowest BCUT2D eigenvalue weighted by atomic mass is 9.92. The first-order chi connectivity index (χ1) is 11.7. The molecule has 5 nitrogen and oxygen atoms in total. The summed E-state index contributed by atoms with van der Waals surface area (Å²) in [5.41, 5.74) is 0.545. The molecule has 0 spiro atoms. The number of likely N-dealkylation sites (tertiary alicyclic amines) is 1. The van der Waals surface area contributed by atoms with Gasteiger partial charge < -0.3 is 19.7 Å². The molecule has 1 amide bonds. The second-order valence-corrected chi connectivity index (χ2v) is 6.97. The maximum atomic E-state index is 13.0. The molecule has 2 atom stereocenters. The van der Waals surface area contributed by atoms with Crippen LogP contribution < -0.4 is 10.1 Å². The van der Waals surface area contributed by atoms with Crippen LogP contribution in [0.3, 0.4) is 0 Å². The zero-order valence-electron chi connectivity index (χ0n) is 14.5. The molecule has 2 aliphatic rings. The first kappa shape index (κ1) is 20.3. The summed E-state index contributed by atoms with van der Waals surface area (Å²) in [6, 6.07) is 5.22. The van der Waals surface area contributed by atoms with E-state index in [1.807, 2.05) is 4.90 Å². The molecule has 0 aromatic heterocycles. The summed E-state index contributed by atoms with van der Waals surface area (Å²) in [5, 5.41) is 4.01. The molecule has 2 aliphatic heterocycles. The maximum Gasteiger partial charge on any atom is 0.257 e. The summed E-state index contributed by atoms with van der Waals surface area (Å²) in [7, 11) is 1.63. The third-order valence-corrected chi connectivity index (χ3v) is 5.26. The maximum absolute atomic E-state index is 13.0. The highest BCUT2D eigenvalue weighted by Crippen LogP contribution is 2.30. The fourth-order valence-electron chi connectivity index (χ4n) is 3.62. The smallest absolute Gasteiger partial charge is 0.257 e. The Hall–Kier alpha value is -1.01. The molecule has 2 heterocycles. The summed E-state index contributed by atoms with van der Waals surface area (Å²) >= 11 is 6.11. The van der Waals surface area contributed by atoms with Crippen molar-refractivity contribution in [1.29, 1.82) is 0 Å². The standard InChI is InChI=1S/C18H25ClN2O3.ClH/c1-23-8-9-24-17-3-2-15(19)10-16(17)18(22)21-6-4-13-11-20-12-14(13)5-7-21;/h2-3,10,13-14,20H,4-9,11-12H2,1H3;1H/t13-,14+;. The van der Waals surface area contributed by atoms with Gasteiger partial charge >= 0.3 is 0 Å². The van der Waals surface area contributed by atoms with Crippen molar-refractivity contribution in [1.82, 2.24) is 10.2 Å². The highest BCUT2D eigenvalue weighted by atomic mass is 35.5. The highest BCUT2D eigenvalue weighted by Gasteiger charge is 2.32. The molecule has 7 heteroatoms. The number of benzene rings is 1. The predicted octanol–water partition coefficient (Wildman–Crippen LogP) is 2.86. The van der Waals surface area contributed by atoms with E-state index in [-0.39, 0.29) is 18.3 Å². The Morgan fingerprint density at radius 2 is 1.92 bits per heavy atom. The van der Waals surface area contributed by atoms with E-state index in [1.54, 1.807) is 25.3 Å². The molecule has 1 N–H and O–H groups in total. The molecular formula is C18H26Cl2N2O3. The number of hydrogen-bond acceptors (Lipinski definition) is 4. The minimum Gasteiger partial charge on any atom is -0.490 e. The molecule has 0 radical (unpaired) electrons. The molecule has 2 fully saturated rings. The largest absolute Gasteiger partial charge is 0.490 e. The fraction of sp³-hybridized carbons (Fsp3) is 0.611. The van der Waals surface area contributed by atoms with Crippen molar-refractivity contribution in [3.63, 3.8) is 0 Å². The Morgan fingerprint density at radius 3 is 2.56 bits per heavy atom. The van der Waals surface area contributed by atoms with Gasteiger partial charge in [-0.15, -0.1) is 12.4 Å². The van der Waals surface area contributed by atoms with Gasteiger partial charge in [0.15, 0.2) is 0 Å². The molecule has 25 heavy (non-hydrogen) atoms. The van der Waals surface area contributed by atoms with Crippen molar-refractivity contribution in [3.05, 3.63) is 28.8 Å². The van der Waals surface area contributed by atoms with Crippen LogP contribution in [0.15, 0.2) is 18.2 Å². The first-order valence-electron chi connectivity index (χ1n) is 8.60. The molecular weight excluding hydrogens is 363 g/mol. The quantitative estimate of drug-likeness (QED) is 0.787. The van der Waals surface area contributed by atoms with Gasteiger partial charge in [0.05, 0.1) is 12.2 Å². The van der Waals surface area contributed by atoms with Crippen LogP contribution in [0.2, 0.25) is 5.02 Å². The van der Waals surface area contributed by atoms with E-state index in [9.17, 15) is 4.79 Å². The Labute approximate surface area is 160 Å². The first-order valence-corrected chi connectivity index (χ1v) is 8.98. The molecule has 0 unspecified atom stereocenters. The average molecular weight is 389 g/mol. The van der Waals surface area contributed by atoms with Crippen molar-refractivity contribution >= 4 is 29.9 Å². The number of carbonyl (C=O) groups is 1. The molecule has 0 aliphatic carbocycles. The van der Waals surface area contributed by atoms with Gasteiger partial charge in [0.1, 0.15) is 12.4 Å². The van der Waals surface area contributed by atoms with Crippen LogP contribution >= 0.6 is 24.0 Å². The van der Waals surface area contributed by atoms with Gasteiger partial charge in [0, 0.05) is 25.2 Å². The molecule has 2 saturated heterocycles. The number of fused-ring (bicyclic) bond motifs is 1. The van der Waals surface area contributed by atoms with Crippen LogP contribution in [-0.2, 0) is 4.74 Å². The van der Waals surface area contributed by atoms with Crippen molar-refractivity contribution < 1.29 is 14.3 Å². The van der Waals surface area contributed by atoms with Crippen LogP contribution in [0.1, 0.15) is 23.2 Å². The number of nitrogens with one attached hydrogen (secondary N) is 1. The number of amides is 1. The van der Waals surface area contributed by atoms with E-state index in [2.05, 4.69) is 5.32 Å². The van der Waals surface area contributed by atoms with Crippen molar-refractivity contribution in [3.8, 4) is 5.75 Å². The van der Waals surface area contributed by atoms with Gasteiger partial charge in [-0.2, -0.15) is 0 Å². The Morgan fingerprint density at radius 1 is 1.24 bits per heavy atom. The number of hydrogen-bond donors (Lipinski definition) is 1. The molecule has 140 valence electrons. The summed E-state index contributed by atoms with van der Waals surface area (Å²) < 4.78 is 10.7. The zero-order chi connectivity index (χ0) is 16.9. The average Bonchev–Trinajstić information content (AvgIpc) is 2.94. The number of nitrogens with zero attached hydrogens (tertiary/aromatic N) is 1. The van der Waals surface area contributed by atoms with Crippen LogP contribution in [0, 0.1) is 11.8 Å². The lowest BCUT2D eigenvalue weighted by Gasteiger charge is -2.22. The van der Waals surface area contributed by atoms with E-state index in [4.69, 9.17) is 21.1 Å². The van der Waals surface area contributed by atoms with Gasteiger partial charge in [-0.25, -0.2) is 0 Å². The van der Waals surface area contributed by atoms with E-state index < -0.39 is 0 Å². The Balaban J connectivity index is 0.00000225. The number of methoxy groups -OCH3 is 1. The van der Waals surface area contributed by atoms with Crippen LogP contribution in [0.4, 0.5) is 0 Å². The summed E-state index contributed by atoms with van der Waals surface area (Å²) in [4.78, 5) is 15.0. The van der Waals surface area contributed by atoms with Crippen molar-refractivity contribution in [2.45, 2.75) is 12.8 Å². The topological polar surface area (TPSA) is 50.8 Å². The van der Waals surface area contributed by atoms with Crippen LogP contribution in [0.25, 0.3) is 0 Å². The predicted molar refractivity (Wildman–Crippen MR) is 101 cm³/mol. The Bertz CT molecular complexity index is 571. The zero-order valence-corrected chi connectivity index (χ0v) is 16.1. The lowest BCUT2D eigenvalue weighted by molar-refractivity contribution is 0.0751. The number of carbonyl (C=O) groups excluding carboxylic acids is 1. The number of rotatable bonds is 5. The highest BCUT2D eigenvalue weighted by molar-refractivity contribution is 6.31. The minimum absolute atomic E-state index is 0. The summed E-state index contributed by atoms with van der Waals surface area (Å²) in [5.74, 6) is 1.98. The second-order valence-electron chi connectivity index (χ2n) is 6.53. The van der Waals surface area contributed by atoms with E-state index >= 15 is 0 Å².